The van der Waals surface area contributed by atoms with Gasteiger partial charge >= 0.3 is 0 Å². The van der Waals surface area contributed by atoms with Crippen LogP contribution in [0.4, 0.5) is 0 Å². The van der Waals surface area contributed by atoms with Crippen LogP contribution in [0.25, 0.3) is 0 Å². The van der Waals surface area contributed by atoms with Crippen LogP contribution in [0.2, 0.25) is 0 Å². The van der Waals surface area contributed by atoms with Crippen molar-refractivity contribution in [3.63, 3.8) is 0 Å². The zero-order valence-corrected chi connectivity index (χ0v) is 9.10. The fraction of sp³-hybridized carbons (Fsp3) is 0.600. The van der Waals surface area contributed by atoms with E-state index in [1.54, 1.807) is 10.9 Å². The Hall–Kier alpha value is -1.32. The highest BCUT2D eigenvalue weighted by molar-refractivity contribution is 5.91. The fourth-order valence-electron chi connectivity index (χ4n) is 1.50. The zero-order chi connectivity index (χ0) is 10.8. The molecule has 0 aliphatic rings. The van der Waals surface area contributed by atoms with Crippen molar-refractivity contribution in [3.05, 3.63) is 18.5 Å². The van der Waals surface area contributed by atoms with Crippen molar-refractivity contribution in [1.29, 1.82) is 0 Å². The van der Waals surface area contributed by atoms with Gasteiger partial charge in [-0.3, -0.25) is 4.68 Å². The van der Waals surface area contributed by atoms with Crippen molar-refractivity contribution in [2.45, 2.75) is 33.7 Å². The van der Waals surface area contributed by atoms with Crippen molar-refractivity contribution in [1.82, 2.24) is 9.78 Å². The predicted molar refractivity (Wildman–Crippen MR) is 55.6 cm³/mol. The van der Waals surface area contributed by atoms with Crippen LogP contribution >= 0.6 is 0 Å². The molecule has 0 bridgehead atoms. The third kappa shape index (κ3) is 2.13. The smallest absolute Gasteiger partial charge is 0.0910 e. The Morgan fingerprint density at radius 3 is 2.50 bits per heavy atom. The van der Waals surface area contributed by atoms with Crippen molar-refractivity contribution in [3.8, 4) is 0 Å². The molecule has 0 amide bonds. The van der Waals surface area contributed by atoms with Gasteiger partial charge in [0.25, 0.3) is 0 Å². The second kappa shape index (κ2) is 3.82. The maximum atomic E-state index is 8.98. The molecule has 1 heterocycles. The summed E-state index contributed by atoms with van der Waals surface area (Å²) < 4.78 is 1.78. The van der Waals surface area contributed by atoms with Gasteiger partial charge < -0.3 is 5.21 Å². The van der Waals surface area contributed by atoms with E-state index in [-0.39, 0.29) is 11.5 Å². The maximum Gasteiger partial charge on any atom is 0.0910 e. The van der Waals surface area contributed by atoms with Crippen molar-refractivity contribution in [2.75, 3.05) is 0 Å². The molecule has 0 aliphatic carbocycles. The van der Waals surface area contributed by atoms with Crippen molar-refractivity contribution >= 4 is 5.71 Å². The average molecular weight is 195 g/mol. The van der Waals surface area contributed by atoms with Crippen molar-refractivity contribution < 1.29 is 5.21 Å². The summed E-state index contributed by atoms with van der Waals surface area (Å²) in [6, 6.07) is 1.84. The first-order valence-corrected chi connectivity index (χ1v) is 4.68. The zero-order valence-electron chi connectivity index (χ0n) is 9.10. The lowest BCUT2D eigenvalue weighted by molar-refractivity contribution is 0.303. The van der Waals surface area contributed by atoms with Gasteiger partial charge in [-0.2, -0.15) is 5.10 Å². The normalized spacial score (nSPS) is 15.6. The number of oxime groups is 1. The van der Waals surface area contributed by atoms with Crippen molar-refractivity contribution in [2.24, 2.45) is 10.6 Å². The average Bonchev–Trinajstić information content (AvgIpc) is 2.53. The molecule has 0 aromatic carbocycles. The van der Waals surface area contributed by atoms with Crippen LogP contribution in [-0.2, 0) is 0 Å². The highest BCUT2D eigenvalue weighted by Gasteiger charge is 2.26. The molecule has 78 valence electrons. The molecule has 4 nitrogen and oxygen atoms in total. The van der Waals surface area contributed by atoms with Gasteiger partial charge in [-0.05, 0) is 13.0 Å². The highest BCUT2D eigenvalue weighted by atomic mass is 16.4. The lowest BCUT2D eigenvalue weighted by Gasteiger charge is -2.25. The summed E-state index contributed by atoms with van der Waals surface area (Å²) >= 11 is 0. The van der Waals surface area contributed by atoms with Crippen LogP contribution < -0.4 is 0 Å². The Balaban J connectivity index is 2.94. The quantitative estimate of drug-likeness (QED) is 0.447. The SMILES string of the molecule is CC(/C(=N/O)C(C)(C)C)n1cccn1. The summed E-state index contributed by atoms with van der Waals surface area (Å²) in [6.07, 6.45) is 3.58. The van der Waals surface area contributed by atoms with Crippen LogP contribution in [0.1, 0.15) is 33.7 Å². The highest BCUT2D eigenvalue weighted by Crippen LogP contribution is 2.23. The number of rotatable bonds is 2. The topological polar surface area (TPSA) is 50.4 Å². The van der Waals surface area contributed by atoms with E-state index < -0.39 is 0 Å². The van der Waals surface area contributed by atoms with Gasteiger partial charge in [0.2, 0.25) is 0 Å². The van der Waals surface area contributed by atoms with E-state index in [1.807, 2.05) is 40.0 Å². The van der Waals surface area contributed by atoms with E-state index in [0.717, 1.165) is 5.71 Å². The second-order valence-electron chi connectivity index (χ2n) is 4.40. The number of hydrogen-bond donors (Lipinski definition) is 1. The van der Waals surface area contributed by atoms with Crippen LogP contribution in [-0.4, -0.2) is 20.7 Å². The summed E-state index contributed by atoms with van der Waals surface area (Å²) in [5, 5.41) is 16.5. The van der Waals surface area contributed by atoms with E-state index in [1.165, 1.54) is 0 Å². The van der Waals surface area contributed by atoms with Gasteiger partial charge in [0.05, 0.1) is 11.8 Å². The van der Waals surface area contributed by atoms with Gasteiger partial charge in [0, 0.05) is 17.8 Å². The molecule has 0 saturated carbocycles. The lowest BCUT2D eigenvalue weighted by Crippen LogP contribution is -2.29. The summed E-state index contributed by atoms with van der Waals surface area (Å²) in [6.45, 7) is 8.01. The van der Waals surface area contributed by atoms with E-state index in [2.05, 4.69) is 10.3 Å². The number of nitrogens with zero attached hydrogens (tertiary/aromatic N) is 3. The molecule has 1 aromatic heterocycles. The first-order chi connectivity index (χ1) is 6.46. The number of hydrogen-bond acceptors (Lipinski definition) is 3. The molecule has 0 saturated heterocycles. The third-order valence-corrected chi connectivity index (χ3v) is 2.19. The molecular formula is C10H17N3O. The fourth-order valence-corrected chi connectivity index (χ4v) is 1.50. The van der Waals surface area contributed by atoms with Crippen LogP contribution in [0, 0.1) is 5.41 Å². The maximum absolute atomic E-state index is 8.98. The van der Waals surface area contributed by atoms with Gasteiger partial charge in [0.1, 0.15) is 0 Å². The lowest BCUT2D eigenvalue weighted by atomic mass is 9.86. The van der Waals surface area contributed by atoms with Gasteiger partial charge in [-0.25, -0.2) is 0 Å². The number of aromatic nitrogens is 2. The Morgan fingerprint density at radius 2 is 2.14 bits per heavy atom. The molecule has 1 rings (SSSR count). The molecule has 0 radical (unpaired) electrons. The van der Waals surface area contributed by atoms with E-state index in [9.17, 15) is 0 Å². The largest absolute Gasteiger partial charge is 0.411 e. The molecule has 1 unspecified atom stereocenters. The van der Waals surface area contributed by atoms with Gasteiger partial charge in [0.15, 0.2) is 0 Å². The first kappa shape index (κ1) is 10.8. The van der Waals surface area contributed by atoms with E-state index >= 15 is 0 Å². The molecule has 0 fully saturated rings. The predicted octanol–water partition coefficient (Wildman–Crippen LogP) is 2.32. The summed E-state index contributed by atoms with van der Waals surface area (Å²) in [4.78, 5) is 0. The Morgan fingerprint density at radius 1 is 1.50 bits per heavy atom. The van der Waals surface area contributed by atoms with E-state index in [0.29, 0.717) is 0 Å². The van der Waals surface area contributed by atoms with Gasteiger partial charge in [-0.1, -0.05) is 25.9 Å². The Bertz CT molecular complexity index is 309. The minimum atomic E-state index is -0.153. The Kier molecular flexibility index (Phi) is 2.93. The summed E-state index contributed by atoms with van der Waals surface area (Å²) in [5.74, 6) is 0. The molecule has 0 aliphatic heterocycles. The van der Waals surface area contributed by atoms with Crippen LogP contribution in [0.3, 0.4) is 0 Å². The molecule has 0 spiro atoms. The molecule has 1 N–H and O–H groups in total. The summed E-state index contributed by atoms with van der Waals surface area (Å²) in [7, 11) is 0. The molecule has 1 atom stereocenters. The van der Waals surface area contributed by atoms with E-state index in [4.69, 9.17) is 5.21 Å². The molecule has 14 heavy (non-hydrogen) atoms. The minimum absolute atomic E-state index is 0.0185. The molecular weight excluding hydrogens is 178 g/mol. The Labute approximate surface area is 84.2 Å². The van der Waals surface area contributed by atoms with Gasteiger partial charge in [-0.15, -0.1) is 0 Å². The summed E-state index contributed by atoms with van der Waals surface area (Å²) in [5.41, 5.74) is 0.571. The standard InChI is InChI=1S/C10H17N3O/c1-8(13-7-5-6-11-13)9(12-14)10(2,3)4/h5-8,14H,1-4H3/b12-9-. The molecule has 1 aromatic rings. The third-order valence-electron chi connectivity index (χ3n) is 2.19. The first-order valence-electron chi connectivity index (χ1n) is 4.68. The molecule has 4 heteroatoms. The minimum Gasteiger partial charge on any atom is -0.411 e. The monoisotopic (exact) mass is 195 g/mol. The van der Waals surface area contributed by atoms with Crippen LogP contribution in [0.5, 0.6) is 0 Å². The van der Waals surface area contributed by atoms with Crippen LogP contribution in [0.15, 0.2) is 23.6 Å². The second-order valence-corrected chi connectivity index (χ2v) is 4.40.